The van der Waals surface area contributed by atoms with Crippen LogP contribution in [0, 0.1) is 0 Å². The Hall–Kier alpha value is -1.98. The van der Waals surface area contributed by atoms with Crippen LogP contribution in [0.3, 0.4) is 0 Å². The molecule has 2 aromatic rings. The Morgan fingerprint density at radius 3 is 2.78 bits per heavy atom. The van der Waals surface area contributed by atoms with Crippen LogP contribution in [-0.2, 0) is 22.5 Å². The lowest BCUT2D eigenvalue weighted by molar-refractivity contribution is -0.139. The SMILES string of the molecule is COC(=O)Cc1ccc2c(c1)N(Cc1ccccc1)CC(N)S2. The van der Waals surface area contributed by atoms with Gasteiger partial charge in [0.2, 0.25) is 0 Å². The topological polar surface area (TPSA) is 55.6 Å². The van der Waals surface area contributed by atoms with Crippen LogP contribution in [-0.4, -0.2) is 25.0 Å². The van der Waals surface area contributed by atoms with E-state index in [1.54, 1.807) is 11.8 Å². The van der Waals surface area contributed by atoms with Gasteiger partial charge in [0.15, 0.2) is 0 Å². The average Bonchev–Trinajstić information content (AvgIpc) is 2.56. The minimum absolute atomic E-state index is 0.0534. The molecule has 1 aliphatic heterocycles. The third kappa shape index (κ3) is 3.86. The molecule has 3 rings (SSSR count). The number of carbonyl (C=O) groups is 1. The van der Waals surface area contributed by atoms with E-state index in [0.29, 0.717) is 6.42 Å². The maximum absolute atomic E-state index is 11.5. The zero-order valence-electron chi connectivity index (χ0n) is 13.1. The first kappa shape index (κ1) is 15.9. The van der Waals surface area contributed by atoms with Gasteiger partial charge in [-0.3, -0.25) is 4.79 Å². The third-order valence-corrected chi connectivity index (χ3v) is 4.89. The maximum Gasteiger partial charge on any atom is 0.309 e. The van der Waals surface area contributed by atoms with Crippen molar-refractivity contribution in [3.05, 3.63) is 59.7 Å². The summed E-state index contributed by atoms with van der Waals surface area (Å²) < 4.78 is 4.76. The number of anilines is 1. The molecule has 0 fully saturated rings. The van der Waals surface area contributed by atoms with Gasteiger partial charge in [0.25, 0.3) is 0 Å². The predicted molar refractivity (Wildman–Crippen MR) is 93.5 cm³/mol. The largest absolute Gasteiger partial charge is 0.469 e. The Labute approximate surface area is 140 Å². The van der Waals surface area contributed by atoms with E-state index in [9.17, 15) is 4.79 Å². The van der Waals surface area contributed by atoms with Gasteiger partial charge in [0.1, 0.15) is 0 Å². The summed E-state index contributed by atoms with van der Waals surface area (Å²) in [5.74, 6) is -0.222. The number of methoxy groups -OCH3 is 1. The van der Waals surface area contributed by atoms with Crippen LogP contribution in [0.4, 0.5) is 5.69 Å². The van der Waals surface area contributed by atoms with Crippen molar-refractivity contribution in [3.8, 4) is 0 Å². The van der Waals surface area contributed by atoms with Crippen LogP contribution in [0.15, 0.2) is 53.4 Å². The molecule has 1 atom stereocenters. The predicted octanol–water partition coefficient (Wildman–Crippen LogP) is 2.80. The number of fused-ring (bicyclic) bond motifs is 1. The highest BCUT2D eigenvalue weighted by Gasteiger charge is 2.23. The molecule has 0 radical (unpaired) electrons. The molecule has 2 aromatic carbocycles. The number of esters is 1. The summed E-state index contributed by atoms with van der Waals surface area (Å²) in [5, 5.41) is 0.0534. The normalized spacial score (nSPS) is 16.8. The van der Waals surface area contributed by atoms with E-state index < -0.39 is 0 Å². The molecule has 23 heavy (non-hydrogen) atoms. The quantitative estimate of drug-likeness (QED) is 0.875. The van der Waals surface area contributed by atoms with E-state index in [4.69, 9.17) is 10.5 Å². The van der Waals surface area contributed by atoms with Crippen LogP contribution in [0.1, 0.15) is 11.1 Å². The highest BCUT2D eigenvalue weighted by molar-refractivity contribution is 8.00. The highest BCUT2D eigenvalue weighted by Crippen LogP contribution is 2.38. The molecule has 5 heteroatoms. The number of benzene rings is 2. The van der Waals surface area contributed by atoms with E-state index >= 15 is 0 Å². The van der Waals surface area contributed by atoms with Crippen molar-refractivity contribution in [1.29, 1.82) is 0 Å². The molecule has 0 aromatic heterocycles. The van der Waals surface area contributed by atoms with E-state index in [0.717, 1.165) is 29.2 Å². The van der Waals surface area contributed by atoms with Gasteiger partial charge in [-0.2, -0.15) is 0 Å². The molecule has 0 spiro atoms. The summed E-state index contributed by atoms with van der Waals surface area (Å²) in [6.07, 6.45) is 0.291. The lowest BCUT2D eigenvalue weighted by Crippen LogP contribution is -2.38. The fourth-order valence-electron chi connectivity index (χ4n) is 2.73. The fourth-order valence-corrected chi connectivity index (χ4v) is 3.76. The van der Waals surface area contributed by atoms with Crippen molar-refractivity contribution in [2.45, 2.75) is 23.2 Å². The van der Waals surface area contributed by atoms with Crippen molar-refractivity contribution >= 4 is 23.4 Å². The third-order valence-electron chi connectivity index (χ3n) is 3.84. The van der Waals surface area contributed by atoms with Gasteiger partial charge in [-0.25, -0.2) is 0 Å². The molecule has 4 nitrogen and oxygen atoms in total. The minimum atomic E-state index is -0.222. The first-order valence-corrected chi connectivity index (χ1v) is 8.44. The Balaban J connectivity index is 1.88. The molecule has 0 amide bonds. The van der Waals surface area contributed by atoms with Crippen molar-refractivity contribution < 1.29 is 9.53 Å². The van der Waals surface area contributed by atoms with E-state index in [1.807, 2.05) is 24.3 Å². The molecule has 0 saturated heterocycles. The van der Waals surface area contributed by atoms with Crippen molar-refractivity contribution in [2.24, 2.45) is 5.73 Å². The number of thioether (sulfide) groups is 1. The second kappa shape index (κ2) is 7.06. The zero-order chi connectivity index (χ0) is 16.2. The lowest BCUT2D eigenvalue weighted by Gasteiger charge is -2.34. The van der Waals surface area contributed by atoms with Crippen LogP contribution in [0.25, 0.3) is 0 Å². The number of rotatable bonds is 4. The minimum Gasteiger partial charge on any atom is -0.469 e. The molecule has 120 valence electrons. The fraction of sp³-hybridized carbons (Fsp3) is 0.278. The molecule has 0 saturated carbocycles. The second-order valence-corrected chi connectivity index (χ2v) is 6.86. The Bertz CT molecular complexity index is 691. The monoisotopic (exact) mass is 328 g/mol. The number of carbonyl (C=O) groups excluding carboxylic acids is 1. The summed E-state index contributed by atoms with van der Waals surface area (Å²) in [6.45, 7) is 1.60. The summed E-state index contributed by atoms with van der Waals surface area (Å²) in [5.41, 5.74) is 9.53. The second-order valence-electron chi connectivity index (χ2n) is 5.58. The maximum atomic E-state index is 11.5. The van der Waals surface area contributed by atoms with Gasteiger partial charge in [-0.15, -0.1) is 11.8 Å². The van der Waals surface area contributed by atoms with E-state index in [-0.39, 0.29) is 11.3 Å². The molecular formula is C18H20N2O2S. The van der Waals surface area contributed by atoms with Crippen LogP contribution in [0.2, 0.25) is 0 Å². The van der Waals surface area contributed by atoms with Crippen LogP contribution >= 0.6 is 11.8 Å². The zero-order valence-corrected chi connectivity index (χ0v) is 13.9. The van der Waals surface area contributed by atoms with Crippen LogP contribution < -0.4 is 10.6 Å². The molecule has 1 aliphatic rings. The lowest BCUT2D eigenvalue weighted by atomic mass is 10.1. The summed E-state index contributed by atoms with van der Waals surface area (Å²) in [6, 6.07) is 16.4. The van der Waals surface area contributed by atoms with Gasteiger partial charge in [-0.05, 0) is 23.3 Å². The van der Waals surface area contributed by atoms with Gasteiger partial charge in [0, 0.05) is 18.0 Å². The molecular weight excluding hydrogens is 308 g/mol. The van der Waals surface area contributed by atoms with Gasteiger partial charge in [0.05, 0.1) is 24.6 Å². The number of ether oxygens (including phenoxy) is 1. The number of nitrogens with zero attached hydrogens (tertiary/aromatic N) is 1. The smallest absolute Gasteiger partial charge is 0.309 e. The average molecular weight is 328 g/mol. The van der Waals surface area contributed by atoms with Gasteiger partial charge in [-0.1, -0.05) is 36.4 Å². The Morgan fingerprint density at radius 2 is 2.04 bits per heavy atom. The Kier molecular flexibility index (Phi) is 4.88. The molecule has 0 aliphatic carbocycles. The van der Waals surface area contributed by atoms with E-state index in [1.165, 1.54) is 12.7 Å². The highest BCUT2D eigenvalue weighted by atomic mass is 32.2. The first-order chi connectivity index (χ1) is 11.2. The first-order valence-electron chi connectivity index (χ1n) is 7.56. The summed E-state index contributed by atoms with van der Waals surface area (Å²) in [7, 11) is 1.41. The number of hydrogen-bond acceptors (Lipinski definition) is 5. The van der Waals surface area contributed by atoms with E-state index in [2.05, 4.69) is 29.2 Å². The van der Waals surface area contributed by atoms with Gasteiger partial charge >= 0.3 is 5.97 Å². The summed E-state index contributed by atoms with van der Waals surface area (Å²) in [4.78, 5) is 15.0. The molecule has 1 unspecified atom stereocenters. The Morgan fingerprint density at radius 1 is 1.26 bits per heavy atom. The number of nitrogens with two attached hydrogens (primary N) is 1. The summed E-state index contributed by atoms with van der Waals surface area (Å²) >= 11 is 1.68. The van der Waals surface area contributed by atoms with Crippen LogP contribution in [0.5, 0.6) is 0 Å². The van der Waals surface area contributed by atoms with Gasteiger partial charge < -0.3 is 15.4 Å². The van der Waals surface area contributed by atoms with Crippen molar-refractivity contribution in [2.75, 3.05) is 18.6 Å². The molecule has 0 bridgehead atoms. The van der Waals surface area contributed by atoms with Crippen molar-refractivity contribution in [1.82, 2.24) is 0 Å². The number of hydrogen-bond donors (Lipinski definition) is 1. The molecule has 1 heterocycles. The standard InChI is InChI=1S/C18H20N2O2S/c1-22-18(21)10-14-7-8-16-15(9-14)20(12-17(19)23-16)11-13-5-3-2-4-6-13/h2-9,17H,10-12,19H2,1H3. The van der Waals surface area contributed by atoms with Crippen molar-refractivity contribution in [3.63, 3.8) is 0 Å². The molecule has 2 N–H and O–H groups in total.